The van der Waals surface area contributed by atoms with Crippen molar-refractivity contribution < 1.29 is 24.8 Å². The maximum absolute atomic E-state index is 10.00. The summed E-state index contributed by atoms with van der Waals surface area (Å²) in [6.07, 6.45) is -3.24. The zero-order valence-electron chi connectivity index (χ0n) is 11.3. The monoisotopic (exact) mass is 296 g/mol. The van der Waals surface area contributed by atoms with Gasteiger partial charge in [-0.3, -0.25) is 0 Å². The largest absolute Gasteiger partial charge is 0.481 e. The smallest absolute Gasteiger partial charge is 0.227 e. The number of aliphatic hydroxyl groups is 3. The normalized spacial score (nSPS) is 28.7. The third-order valence-corrected chi connectivity index (χ3v) is 3.15. The predicted octanol–water partition coefficient (Wildman–Crippen LogP) is -1.75. The van der Waals surface area contributed by atoms with Gasteiger partial charge in [0.1, 0.15) is 30.1 Å². The standard InChI is InChI=1S/C12H16N4O5/c1-20-9-2-6(3-13)14-12(16-9)15-7-5-21-8(4-17)11(19)10(7)18/h2,7-8,10-11,17-19H,4-5H2,1H3,(H,14,15,16)/t7-,8+,10+,11-/m0/s1. The van der Waals surface area contributed by atoms with E-state index in [0.717, 1.165) is 0 Å². The Labute approximate surface area is 120 Å². The Morgan fingerprint density at radius 1 is 1.48 bits per heavy atom. The topological polar surface area (TPSA) is 141 Å². The van der Waals surface area contributed by atoms with Crippen LogP contribution in [0.25, 0.3) is 0 Å². The van der Waals surface area contributed by atoms with Crippen molar-refractivity contribution in [2.24, 2.45) is 0 Å². The number of ether oxygens (including phenoxy) is 2. The number of methoxy groups -OCH3 is 1. The molecular weight excluding hydrogens is 280 g/mol. The molecule has 0 amide bonds. The minimum Gasteiger partial charge on any atom is -0.481 e. The second kappa shape index (κ2) is 6.64. The van der Waals surface area contributed by atoms with E-state index in [1.807, 2.05) is 6.07 Å². The molecule has 0 bridgehead atoms. The molecule has 1 saturated heterocycles. The van der Waals surface area contributed by atoms with Gasteiger partial charge in [0, 0.05) is 6.07 Å². The lowest BCUT2D eigenvalue weighted by atomic mass is 9.98. The highest BCUT2D eigenvalue weighted by Gasteiger charge is 2.38. The van der Waals surface area contributed by atoms with Crippen LogP contribution in [0.15, 0.2) is 6.07 Å². The van der Waals surface area contributed by atoms with Crippen LogP contribution in [0.3, 0.4) is 0 Å². The number of nitrogens with zero attached hydrogens (tertiary/aromatic N) is 3. The van der Waals surface area contributed by atoms with Crippen LogP contribution >= 0.6 is 0 Å². The molecule has 0 aliphatic carbocycles. The third-order valence-electron chi connectivity index (χ3n) is 3.15. The molecule has 0 aromatic carbocycles. The van der Waals surface area contributed by atoms with Gasteiger partial charge in [-0.2, -0.15) is 10.2 Å². The fourth-order valence-corrected chi connectivity index (χ4v) is 1.99. The summed E-state index contributed by atoms with van der Waals surface area (Å²) in [7, 11) is 1.40. The van der Waals surface area contributed by atoms with Crippen molar-refractivity contribution in [1.82, 2.24) is 9.97 Å². The van der Waals surface area contributed by atoms with Crippen LogP contribution in [-0.2, 0) is 4.74 Å². The SMILES string of the molecule is COc1cc(C#N)nc(N[C@H]2CO[C@H](CO)[C@H](O)[C@@H]2O)n1. The molecule has 0 saturated carbocycles. The summed E-state index contributed by atoms with van der Waals surface area (Å²) in [5, 5.41) is 40.5. The van der Waals surface area contributed by atoms with Gasteiger partial charge in [-0.05, 0) is 0 Å². The van der Waals surface area contributed by atoms with Gasteiger partial charge < -0.3 is 30.1 Å². The minimum absolute atomic E-state index is 0.0475. The second-order valence-corrected chi connectivity index (χ2v) is 4.52. The summed E-state index contributed by atoms with van der Waals surface area (Å²) < 4.78 is 10.2. The maximum atomic E-state index is 10.00. The summed E-state index contributed by atoms with van der Waals surface area (Å²) in [5.41, 5.74) is 0.101. The first-order valence-corrected chi connectivity index (χ1v) is 6.27. The molecule has 0 spiro atoms. The zero-order chi connectivity index (χ0) is 15.4. The predicted molar refractivity (Wildman–Crippen MR) is 69.5 cm³/mol. The van der Waals surface area contributed by atoms with Crippen molar-refractivity contribution in [1.29, 1.82) is 5.26 Å². The van der Waals surface area contributed by atoms with E-state index in [2.05, 4.69) is 15.3 Å². The summed E-state index contributed by atoms with van der Waals surface area (Å²) in [5.74, 6) is 0.275. The first-order valence-electron chi connectivity index (χ1n) is 6.27. The molecule has 2 heterocycles. The van der Waals surface area contributed by atoms with Crippen molar-refractivity contribution in [3.63, 3.8) is 0 Å². The Hall–Kier alpha value is -1.99. The highest BCUT2D eigenvalue weighted by molar-refractivity contribution is 5.37. The molecule has 0 unspecified atom stereocenters. The average Bonchev–Trinajstić information content (AvgIpc) is 2.51. The number of hydrogen-bond acceptors (Lipinski definition) is 9. The van der Waals surface area contributed by atoms with Crippen molar-refractivity contribution in [3.05, 3.63) is 11.8 Å². The van der Waals surface area contributed by atoms with Crippen LogP contribution < -0.4 is 10.1 Å². The number of nitrogens with one attached hydrogen (secondary N) is 1. The summed E-state index contributed by atoms with van der Waals surface area (Å²) in [4.78, 5) is 7.93. The van der Waals surface area contributed by atoms with Gasteiger partial charge in [0.2, 0.25) is 11.8 Å². The minimum atomic E-state index is -1.23. The van der Waals surface area contributed by atoms with Gasteiger partial charge in [-0.25, -0.2) is 4.98 Å². The number of aromatic nitrogens is 2. The van der Waals surface area contributed by atoms with Gasteiger partial charge in [0.15, 0.2) is 0 Å². The zero-order valence-corrected chi connectivity index (χ0v) is 11.3. The van der Waals surface area contributed by atoms with Crippen LogP contribution in [0.5, 0.6) is 5.88 Å². The van der Waals surface area contributed by atoms with Crippen molar-refractivity contribution in [3.8, 4) is 11.9 Å². The molecule has 1 aromatic heterocycles. The Kier molecular flexibility index (Phi) is 4.87. The lowest BCUT2D eigenvalue weighted by Gasteiger charge is -2.37. The molecule has 21 heavy (non-hydrogen) atoms. The number of aliphatic hydroxyl groups excluding tert-OH is 3. The van der Waals surface area contributed by atoms with Crippen molar-refractivity contribution in [2.45, 2.75) is 24.4 Å². The number of nitriles is 1. The summed E-state index contributed by atoms with van der Waals surface area (Å²) in [6.45, 7) is -0.342. The fraction of sp³-hybridized carbons (Fsp3) is 0.583. The second-order valence-electron chi connectivity index (χ2n) is 4.52. The molecule has 114 valence electrons. The molecule has 9 heteroatoms. The van der Waals surface area contributed by atoms with Crippen LogP contribution in [0.1, 0.15) is 5.69 Å². The van der Waals surface area contributed by atoms with E-state index >= 15 is 0 Å². The van der Waals surface area contributed by atoms with Crippen molar-refractivity contribution >= 4 is 5.95 Å². The van der Waals surface area contributed by atoms with Gasteiger partial charge >= 0.3 is 0 Å². The molecule has 1 aliphatic heterocycles. The van der Waals surface area contributed by atoms with E-state index in [-0.39, 0.29) is 30.7 Å². The van der Waals surface area contributed by atoms with E-state index in [1.54, 1.807) is 0 Å². The molecule has 0 radical (unpaired) electrons. The van der Waals surface area contributed by atoms with Crippen molar-refractivity contribution in [2.75, 3.05) is 25.6 Å². The third kappa shape index (κ3) is 3.37. The van der Waals surface area contributed by atoms with Gasteiger partial charge in [0.25, 0.3) is 0 Å². The van der Waals surface area contributed by atoms with Crippen LogP contribution in [0, 0.1) is 11.3 Å². The first kappa shape index (κ1) is 15.4. The van der Waals surface area contributed by atoms with E-state index in [9.17, 15) is 10.2 Å². The van der Waals surface area contributed by atoms with E-state index in [4.69, 9.17) is 19.8 Å². The molecule has 9 nitrogen and oxygen atoms in total. The van der Waals surface area contributed by atoms with Crippen LogP contribution in [0.4, 0.5) is 5.95 Å². The highest BCUT2D eigenvalue weighted by Crippen LogP contribution is 2.19. The molecular formula is C12H16N4O5. The van der Waals surface area contributed by atoms with Crippen LogP contribution in [-0.4, -0.2) is 70.0 Å². The molecule has 2 rings (SSSR count). The number of anilines is 1. The lowest BCUT2D eigenvalue weighted by molar-refractivity contribution is -0.152. The summed E-state index contributed by atoms with van der Waals surface area (Å²) in [6, 6.07) is 2.56. The highest BCUT2D eigenvalue weighted by atomic mass is 16.5. The lowest BCUT2D eigenvalue weighted by Crippen LogP contribution is -2.56. The average molecular weight is 296 g/mol. The quantitative estimate of drug-likeness (QED) is 0.509. The van der Waals surface area contributed by atoms with Gasteiger partial charge in [0.05, 0.1) is 26.4 Å². The Balaban J connectivity index is 2.13. The van der Waals surface area contributed by atoms with E-state index in [0.29, 0.717) is 0 Å². The molecule has 1 fully saturated rings. The Morgan fingerprint density at radius 3 is 2.86 bits per heavy atom. The molecule has 4 N–H and O–H groups in total. The fourth-order valence-electron chi connectivity index (χ4n) is 1.99. The number of hydrogen-bond donors (Lipinski definition) is 4. The van der Waals surface area contributed by atoms with Gasteiger partial charge in [-0.1, -0.05) is 0 Å². The Morgan fingerprint density at radius 2 is 2.24 bits per heavy atom. The first-order chi connectivity index (χ1) is 10.1. The van der Waals surface area contributed by atoms with E-state index in [1.165, 1.54) is 13.2 Å². The van der Waals surface area contributed by atoms with E-state index < -0.39 is 24.4 Å². The van der Waals surface area contributed by atoms with Crippen LogP contribution in [0.2, 0.25) is 0 Å². The Bertz CT molecular complexity index is 535. The number of rotatable bonds is 4. The summed E-state index contributed by atoms with van der Waals surface area (Å²) >= 11 is 0. The van der Waals surface area contributed by atoms with Gasteiger partial charge in [-0.15, -0.1) is 0 Å². The maximum Gasteiger partial charge on any atom is 0.227 e. The molecule has 4 atom stereocenters. The molecule has 1 aromatic rings. The molecule has 1 aliphatic rings.